The number of hydrogen-bond donors (Lipinski definition) is 2. The van der Waals surface area contributed by atoms with E-state index in [1.807, 2.05) is 25.3 Å². The quantitative estimate of drug-likeness (QED) is 0.459. The van der Waals surface area contributed by atoms with Crippen molar-refractivity contribution in [2.45, 2.75) is 13.5 Å². The summed E-state index contributed by atoms with van der Waals surface area (Å²) in [7, 11) is 0. The van der Waals surface area contributed by atoms with Gasteiger partial charge in [0.15, 0.2) is 0 Å². The van der Waals surface area contributed by atoms with Crippen LogP contribution in [0.3, 0.4) is 0 Å². The van der Waals surface area contributed by atoms with Gasteiger partial charge >= 0.3 is 0 Å². The molecule has 0 aliphatic heterocycles. The maximum absolute atomic E-state index is 4.36. The molecule has 2 rings (SSSR count). The summed E-state index contributed by atoms with van der Waals surface area (Å²) in [6.45, 7) is 5.85. The zero-order chi connectivity index (χ0) is 11.4. The fourth-order valence-electron chi connectivity index (χ4n) is 1.62. The zero-order valence-electron chi connectivity index (χ0n) is 9.20. The van der Waals surface area contributed by atoms with Crippen LogP contribution in [0.4, 0.5) is 0 Å². The van der Waals surface area contributed by atoms with Gasteiger partial charge in [-0.2, -0.15) is 5.10 Å². The number of amidine groups is 1. The summed E-state index contributed by atoms with van der Waals surface area (Å²) in [6.07, 6.45) is 1.99. The van der Waals surface area contributed by atoms with E-state index in [0.29, 0.717) is 6.54 Å². The lowest BCUT2D eigenvalue weighted by Gasteiger charge is -1.98. The fraction of sp³-hybridized carbons (Fsp3) is 0.167. The monoisotopic (exact) mass is 214 g/mol. The van der Waals surface area contributed by atoms with Gasteiger partial charge in [0.2, 0.25) is 0 Å². The van der Waals surface area contributed by atoms with E-state index in [9.17, 15) is 0 Å². The first-order valence-electron chi connectivity index (χ1n) is 5.09. The van der Waals surface area contributed by atoms with Crippen molar-refractivity contribution in [2.75, 3.05) is 0 Å². The summed E-state index contributed by atoms with van der Waals surface area (Å²) < 4.78 is 0. The van der Waals surface area contributed by atoms with E-state index in [1.54, 1.807) is 0 Å². The highest BCUT2D eigenvalue weighted by molar-refractivity contribution is 5.84. The largest absolute Gasteiger partial charge is 0.361 e. The number of aliphatic imine (C=N–C) groups is 1. The predicted molar refractivity (Wildman–Crippen MR) is 67.8 cm³/mol. The number of aromatic nitrogens is 1. The van der Waals surface area contributed by atoms with Gasteiger partial charge in [0.05, 0.1) is 6.54 Å². The van der Waals surface area contributed by atoms with Crippen LogP contribution in [0.1, 0.15) is 12.5 Å². The highest BCUT2D eigenvalue weighted by Gasteiger charge is 2.01. The number of nitrogens with one attached hydrogen (secondary N) is 2. The van der Waals surface area contributed by atoms with Crippen molar-refractivity contribution in [3.05, 3.63) is 36.0 Å². The molecule has 1 heterocycles. The lowest BCUT2D eigenvalue weighted by atomic mass is 10.2. The molecule has 2 N–H and O–H groups in total. The molecule has 4 nitrogen and oxygen atoms in total. The summed E-state index contributed by atoms with van der Waals surface area (Å²) in [4.78, 5) is 7.58. The SMILES string of the molecule is C=NNC(C)=NCc1c[nH]c2ccccc12. The Balaban J connectivity index is 2.21. The molecular formula is C12H14N4. The number of nitrogens with zero attached hydrogens (tertiary/aromatic N) is 2. The summed E-state index contributed by atoms with van der Waals surface area (Å²) in [5.74, 6) is 0.764. The summed E-state index contributed by atoms with van der Waals surface area (Å²) in [5, 5.41) is 4.77. The molecule has 0 bridgehead atoms. The molecule has 82 valence electrons. The van der Waals surface area contributed by atoms with Crippen molar-refractivity contribution in [3.8, 4) is 0 Å². The van der Waals surface area contributed by atoms with Gasteiger partial charge in [0.1, 0.15) is 5.84 Å². The van der Waals surface area contributed by atoms with Crippen molar-refractivity contribution in [1.82, 2.24) is 10.4 Å². The maximum Gasteiger partial charge on any atom is 0.114 e. The van der Waals surface area contributed by atoms with Gasteiger partial charge in [-0.3, -0.25) is 10.4 Å². The number of para-hydroxylation sites is 1. The molecule has 0 amide bonds. The Kier molecular flexibility index (Phi) is 3.00. The van der Waals surface area contributed by atoms with E-state index in [1.165, 1.54) is 10.9 Å². The van der Waals surface area contributed by atoms with Crippen LogP contribution in [0.5, 0.6) is 0 Å². The van der Waals surface area contributed by atoms with E-state index in [0.717, 1.165) is 11.4 Å². The topological polar surface area (TPSA) is 52.5 Å². The Morgan fingerprint density at radius 3 is 3.06 bits per heavy atom. The van der Waals surface area contributed by atoms with Crippen LogP contribution < -0.4 is 5.43 Å². The maximum atomic E-state index is 4.36. The smallest absolute Gasteiger partial charge is 0.114 e. The minimum absolute atomic E-state index is 0.637. The number of hydrogen-bond acceptors (Lipinski definition) is 2. The first kappa shape index (κ1) is 10.4. The number of fused-ring (bicyclic) bond motifs is 1. The molecule has 2 aromatic rings. The lowest BCUT2D eigenvalue weighted by Crippen LogP contribution is -2.12. The highest BCUT2D eigenvalue weighted by atomic mass is 15.3. The highest BCUT2D eigenvalue weighted by Crippen LogP contribution is 2.18. The number of rotatable bonds is 3. The molecule has 0 saturated carbocycles. The number of benzene rings is 1. The molecule has 0 radical (unpaired) electrons. The number of H-pyrrole nitrogens is 1. The standard InChI is InChI=1S/C12H14N4/c1-9(16-13-2)14-7-10-8-15-12-6-4-3-5-11(10)12/h3-6,8,15H,2,7H2,1H3,(H,14,16). The predicted octanol–water partition coefficient (Wildman–Crippen LogP) is 2.29. The average Bonchev–Trinajstić information content (AvgIpc) is 2.70. The average molecular weight is 214 g/mol. The van der Waals surface area contributed by atoms with Crippen molar-refractivity contribution >= 4 is 23.5 Å². The normalized spacial score (nSPS) is 11.7. The third kappa shape index (κ3) is 2.11. The Labute approximate surface area is 94.1 Å². The first-order chi connectivity index (χ1) is 7.81. The van der Waals surface area contributed by atoms with Crippen LogP contribution in [0.25, 0.3) is 10.9 Å². The summed E-state index contributed by atoms with van der Waals surface area (Å²) >= 11 is 0. The van der Waals surface area contributed by atoms with E-state index < -0.39 is 0 Å². The van der Waals surface area contributed by atoms with Crippen LogP contribution in [0.2, 0.25) is 0 Å². The van der Waals surface area contributed by atoms with E-state index in [2.05, 4.69) is 39.4 Å². The van der Waals surface area contributed by atoms with Gasteiger partial charge in [-0.15, -0.1) is 0 Å². The zero-order valence-corrected chi connectivity index (χ0v) is 9.20. The van der Waals surface area contributed by atoms with E-state index in [4.69, 9.17) is 0 Å². The van der Waals surface area contributed by atoms with Crippen LogP contribution in [-0.2, 0) is 6.54 Å². The molecule has 0 saturated heterocycles. The molecular weight excluding hydrogens is 200 g/mol. The molecule has 0 fully saturated rings. The minimum atomic E-state index is 0.637. The van der Waals surface area contributed by atoms with Gasteiger partial charge in [0, 0.05) is 23.8 Å². The third-order valence-corrected chi connectivity index (χ3v) is 2.40. The van der Waals surface area contributed by atoms with Crippen molar-refractivity contribution in [1.29, 1.82) is 0 Å². The molecule has 0 aliphatic rings. The first-order valence-corrected chi connectivity index (χ1v) is 5.09. The summed E-state index contributed by atoms with van der Waals surface area (Å²) in [5.41, 5.74) is 5.03. The number of aromatic amines is 1. The Bertz CT molecular complexity index is 525. The molecule has 0 unspecified atom stereocenters. The molecule has 4 heteroatoms. The minimum Gasteiger partial charge on any atom is -0.361 e. The van der Waals surface area contributed by atoms with Crippen LogP contribution in [0, 0.1) is 0 Å². The third-order valence-electron chi connectivity index (χ3n) is 2.40. The Morgan fingerprint density at radius 2 is 2.25 bits per heavy atom. The van der Waals surface area contributed by atoms with Gasteiger partial charge in [0.25, 0.3) is 0 Å². The van der Waals surface area contributed by atoms with Crippen LogP contribution in [0.15, 0.2) is 40.6 Å². The lowest BCUT2D eigenvalue weighted by molar-refractivity contribution is 0.978. The van der Waals surface area contributed by atoms with Crippen LogP contribution in [-0.4, -0.2) is 17.5 Å². The fourth-order valence-corrected chi connectivity index (χ4v) is 1.62. The molecule has 0 atom stereocenters. The van der Waals surface area contributed by atoms with Crippen molar-refractivity contribution in [3.63, 3.8) is 0 Å². The van der Waals surface area contributed by atoms with Gasteiger partial charge < -0.3 is 4.98 Å². The van der Waals surface area contributed by atoms with Crippen molar-refractivity contribution in [2.24, 2.45) is 10.1 Å². The Morgan fingerprint density at radius 1 is 1.44 bits per heavy atom. The Hall–Kier alpha value is -2.10. The molecule has 0 aliphatic carbocycles. The molecule has 16 heavy (non-hydrogen) atoms. The molecule has 1 aromatic heterocycles. The van der Waals surface area contributed by atoms with E-state index in [-0.39, 0.29) is 0 Å². The number of hydrazone groups is 1. The van der Waals surface area contributed by atoms with Gasteiger partial charge in [-0.25, -0.2) is 0 Å². The molecule has 1 aromatic carbocycles. The van der Waals surface area contributed by atoms with Gasteiger partial charge in [-0.05, 0) is 18.6 Å². The second-order valence-electron chi connectivity index (χ2n) is 3.53. The van der Waals surface area contributed by atoms with Crippen molar-refractivity contribution < 1.29 is 0 Å². The second-order valence-corrected chi connectivity index (χ2v) is 3.53. The summed E-state index contributed by atoms with van der Waals surface area (Å²) in [6, 6.07) is 8.18. The van der Waals surface area contributed by atoms with Gasteiger partial charge in [-0.1, -0.05) is 18.2 Å². The molecule has 0 spiro atoms. The van der Waals surface area contributed by atoms with E-state index >= 15 is 0 Å². The van der Waals surface area contributed by atoms with Crippen LogP contribution >= 0.6 is 0 Å². The second kappa shape index (κ2) is 4.61.